The number of benzene rings is 3. The molecule has 1 aliphatic rings. The number of halogens is 2. The second-order valence-electron chi connectivity index (χ2n) is 8.29. The van der Waals surface area contributed by atoms with Crippen LogP contribution in [0, 0.1) is 0 Å². The first-order chi connectivity index (χ1) is 15.5. The molecule has 0 aliphatic carbocycles. The van der Waals surface area contributed by atoms with Crippen LogP contribution in [0.2, 0.25) is 10.0 Å². The van der Waals surface area contributed by atoms with Crippen LogP contribution in [0.4, 0.5) is 0 Å². The molecule has 2 atom stereocenters. The topological polar surface area (TPSA) is 58.4 Å². The minimum absolute atomic E-state index is 0.0597. The average Bonchev–Trinajstić information content (AvgIpc) is 3.25. The van der Waals surface area contributed by atoms with Crippen molar-refractivity contribution in [1.29, 1.82) is 0 Å². The average molecular weight is 468 g/mol. The monoisotopic (exact) mass is 467 g/mol. The second kappa shape index (κ2) is 10.5. The summed E-state index contributed by atoms with van der Waals surface area (Å²) in [6.45, 7) is 1.62. The van der Waals surface area contributed by atoms with Crippen molar-refractivity contribution < 1.29 is 4.79 Å². The van der Waals surface area contributed by atoms with Crippen LogP contribution in [0.25, 0.3) is 0 Å². The maximum atomic E-state index is 12.7. The highest BCUT2D eigenvalue weighted by Crippen LogP contribution is 2.33. The number of hydrogen-bond acceptors (Lipinski definition) is 3. The van der Waals surface area contributed by atoms with Crippen molar-refractivity contribution >= 4 is 29.1 Å². The molecule has 1 fully saturated rings. The summed E-state index contributed by atoms with van der Waals surface area (Å²) in [6, 6.07) is 25.3. The lowest BCUT2D eigenvalue weighted by Crippen LogP contribution is -2.47. The van der Waals surface area contributed by atoms with E-state index < -0.39 is 6.04 Å². The molecule has 3 aromatic rings. The zero-order chi connectivity index (χ0) is 22.5. The van der Waals surface area contributed by atoms with Gasteiger partial charge in [0, 0.05) is 29.2 Å². The maximum Gasteiger partial charge on any atom is 0.237 e. The molecule has 0 spiro atoms. The van der Waals surface area contributed by atoms with E-state index in [2.05, 4.69) is 34.5 Å². The number of likely N-dealkylation sites (tertiary alicyclic amines) is 1. The van der Waals surface area contributed by atoms with Crippen molar-refractivity contribution in [3.05, 3.63) is 106 Å². The van der Waals surface area contributed by atoms with Gasteiger partial charge in [-0.2, -0.15) is 0 Å². The molecule has 32 heavy (non-hydrogen) atoms. The third-order valence-electron chi connectivity index (χ3n) is 5.94. The van der Waals surface area contributed by atoms with Crippen molar-refractivity contribution in [2.45, 2.75) is 31.0 Å². The first-order valence-electron chi connectivity index (χ1n) is 10.8. The Morgan fingerprint density at radius 3 is 2.06 bits per heavy atom. The number of nitrogens with zero attached hydrogens (tertiary/aromatic N) is 1. The first kappa shape index (κ1) is 22.8. The molecule has 1 aliphatic heterocycles. The molecule has 1 amide bonds. The van der Waals surface area contributed by atoms with Gasteiger partial charge in [0.25, 0.3) is 0 Å². The van der Waals surface area contributed by atoms with Crippen LogP contribution in [0.1, 0.15) is 29.2 Å². The Kier molecular flexibility index (Phi) is 7.48. The van der Waals surface area contributed by atoms with Gasteiger partial charge in [0.1, 0.15) is 0 Å². The molecule has 0 saturated carbocycles. The Bertz CT molecular complexity index is 980. The summed E-state index contributed by atoms with van der Waals surface area (Å²) >= 11 is 12.2. The fourth-order valence-corrected chi connectivity index (χ4v) is 4.56. The summed E-state index contributed by atoms with van der Waals surface area (Å²) in [7, 11) is 0. The van der Waals surface area contributed by atoms with Gasteiger partial charge in [-0.15, -0.1) is 0 Å². The fraction of sp³-hybridized carbons (Fsp3) is 0.269. The lowest BCUT2D eigenvalue weighted by Gasteiger charge is -2.29. The molecule has 1 saturated heterocycles. The third-order valence-corrected chi connectivity index (χ3v) is 6.44. The number of carbonyl (C=O) groups excluding carboxylic acids is 1. The Labute approximate surface area is 199 Å². The van der Waals surface area contributed by atoms with Gasteiger partial charge < -0.3 is 11.1 Å². The smallest absolute Gasteiger partial charge is 0.237 e. The molecule has 0 aromatic heterocycles. The number of nitrogens with two attached hydrogens (primary N) is 1. The van der Waals surface area contributed by atoms with E-state index in [-0.39, 0.29) is 18.0 Å². The van der Waals surface area contributed by atoms with Gasteiger partial charge >= 0.3 is 0 Å². The van der Waals surface area contributed by atoms with E-state index in [9.17, 15) is 4.79 Å². The predicted octanol–water partition coefficient (Wildman–Crippen LogP) is 4.84. The quantitative estimate of drug-likeness (QED) is 0.522. The van der Waals surface area contributed by atoms with Crippen LogP contribution in [-0.4, -0.2) is 36.0 Å². The lowest BCUT2D eigenvalue weighted by molar-refractivity contribution is -0.123. The number of rotatable bonds is 7. The van der Waals surface area contributed by atoms with Crippen molar-refractivity contribution in [2.24, 2.45) is 5.73 Å². The molecule has 0 radical (unpaired) electrons. The van der Waals surface area contributed by atoms with Gasteiger partial charge in [-0.1, -0.05) is 77.8 Å². The van der Waals surface area contributed by atoms with Crippen LogP contribution < -0.4 is 11.1 Å². The summed E-state index contributed by atoms with van der Waals surface area (Å²) in [5, 5.41) is 4.58. The molecule has 0 unspecified atom stereocenters. The van der Waals surface area contributed by atoms with Crippen LogP contribution in [0.5, 0.6) is 0 Å². The van der Waals surface area contributed by atoms with Gasteiger partial charge in [-0.05, 0) is 53.8 Å². The lowest BCUT2D eigenvalue weighted by atomic mass is 9.97. The SMILES string of the molecule is N[C@@H](Cc1ccccc1)C(=O)N[C@@H]1CCN(C(c2ccc(Cl)cc2)c2ccc(Cl)cc2)C1. The Hall–Kier alpha value is -2.37. The second-order valence-corrected chi connectivity index (χ2v) is 9.16. The minimum atomic E-state index is -0.560. The van der Waals surface area contributed by atoms with Crippen LogP contribution >= 0.6 is 23.2 Å². The number of carbonyl (C=O) groups is 1. The highest BCUT2D eigenvalue weighted by atomic mass is 35.5. The molecule has 4 rings (SSSR count). The molecule has 6 heteroatoms. The number of amides is 1. The van der Waals surface area contributed by atoms with Crippen LogP contribution in [-0.2, 0) is 11.2 Å². The Balaban J connectivity index is 1.44. The van der Waals surface area contributed by atoms with Crippen molar-refractivity contribution in [3.63, 3.8) is 0 Å². The highest BCUT2D eigenvalue weighted by molar-refractivity contribution is 6.30. The van der Waals surface area contributed by atoms with Crippen molar-refractivity contribution in [3.8, 4) is 0 Å². The molecular formula is C26H27Cl2N3O. The van der Waals surface area contributed by atoms with E-state index >= 15 is 0 Å². The number of hydrogen-bond donors (Lipinski definition) is 2. The normalized spacial score (nSPS) is 17.4. The summed E-state index contributed by atoms with van der Waals surface area (Å²) < 4.78 is 0. The summed E-state index contributed by atoms with van der Waals surface area (Å²) in [6.07, 6.45) is 1.41. The Morgan fingerprint density at radius 2 is 1.50 bits per heavy atom. The molecule has 0 bridgehead atoms. The summed E-state index contributed by atoms with van der Waals surface area (Å²) in [4.78, 5) is 15.1. The largest absolute Gasteiger partial charge is 0.351 e. The van der Waals surface area contributed by atoms with E-state index in [0.717, 1.165) is 36.2 Å². The molecule has 166 valence electrons. The van der Waals surface area contributed by atoms with E-state index in [1.807, 2.05) is 54.6 Å². The zero-order valence-electron chi connectivity index (χ0n) is 17.8. The van der Waals surface area contributed by atoms with Gasteiger partial charge in [0.05, 0.1) is 12.1 Å². The van der Waals surface area contributed by atoms with E-state index in [0.29, 0.717) is 16.5 Å². The van der Waals surface area contributed by atoms with Crippen LogP contribution in [0.3, 0.4) is 0 Å². The van der Waals surface area contributed by atoms with Gasteiger partial charge in [-0.25, -0.2) is 0 Å². The van der Waals surface area contributed by atoms with E-state index in [4.69, 9.17) is 28.9 Å². The van der Waals surface area contributed by atoms with E-state index in [1.54, 1.807) is 0 Å². The molecular weight excluding hydrogens is 441 g/mol. The zero-order valence-corrected chi connectivity index (χ0v) is 19.3. The summed E-state index contributed by atoms with van der Waals surface area (Å²) in [5.74, 6) is -0.102. The molecule has 4 nitrogen and oxygen atoms in total. The minimum Gasteiger partial charge on any atom is -0.351 e. The number of nitrogens with one attached hydrogen (secondary N) is 1. The maximum absolute atomic E-state index is 12.7. The van der Waals surface area contributed by atoms with Crippen LogP contribution in [0.15, 0.2) is 78.9 Å². The van der Waals surface area contributed by atoms with E-state index in [1.165, 1.54) is 0 Å². The van der Waals surface area contributed by atoms with Gasteiger partial charge in [-0.3, -0.25) is 9.69 Å². The predicted molar refractivity (Wildman–Crippen MR) is 131 cm³/mol. The first-order valence-corrected chi connectivity index (χ1v) is 11.6. The van der Waals surface area contributed by atoms with Gasteiger partial charge in [0.15, 0.2) is 0 Å². The molecule has 3 aromatic carbocycles. The van der Waals surface area contributed by atoms with Crippen molar-refractivity contribution in [2.75, 3.05) is 13.1 Å². The Morgan fingerprint density at radius 1 is 0.938 bits per heavy atom. The van der Waals surface area contributed by atoms with Gasteiger partial charge in [0.2, 0.25) is 5.91 Å². The summed E-state index contributed by atoms with van der Waals surface area (Å²) in [5.41, 5.74) is 9.56. The fourth-order valence-electron chi connectivity index (χ4n) is 4.31. The highest BCUT2D eigenvalue weighted by Gasteiger charge is 2.31. The standard InChI is InChI=1S/C26H27Cl2N3O/c27-21-10-6-19(7-11-21)25(20-8-12-22(28)13-9-20)31-15-14-23(17-31)30-26(32)24(29)16-18-4-2-1-3-5-18/h1-13,23-25H,14-17,29H2,(H,30,32)/t23-,24+/m1/s1. The van der Waals surface area contributed by atoms with Crippen molar-refractivity contribution in [1.82, 2.24) is 10.2 Å². The molecule has 1 heterocycles. The molecule has 3 N–H and O–H groups in total. The third kappa shape index (κ3) is 5.70.